The lowest BCUT2D eigenvalue weighted by Crippen LogP contribution is -2.50. The van der Waals surface area contributed by atoms with Gasteiger partial charge in [0.1, 0.15) is 0 Å². The maximum Gasteiger partial charge on any atom is 0.225 e. The number of benzene rings is 1. The molecule has 0 saturated carbocycles. The van der Waals surface area contributed by atoms with Crippen molar-refractivity contribution in [3.05, 3.63) is 30.3 Å². The van der Waals surface area contributed by atoms with Crippen LogP contribution in [0.25, 0.3) is 0 Å². The highest BCUT2D eigenvalue weighted by molar-refractivity contribution is 5.90. The van der Waals surface area contributed by atoms with Crippen LogP contribution >= 0.6 is 12.4 Å². The van der Waals surface area contributed by atoms with E-state index >= 15 is 0 Å². The van der Waals surface area contributed by atoms with E-state index in [1.54, 1.807) is 0 Å². The van der Waals surface area contributed by atoms with Crippen molar-refractivity contribution >= 4 is 24.0 Å². The van der Waals surface area contributed by atoms with E-state index in [-0.39, 0.29) is 18.3 Å². The van der Waals surface area contributed by atoms with Gasteiger partial charge in [0, 0.05) is 44.3 Å². The number of hydrogen-bond donors (Lipinski definition) is 2. The van der Waals surface area contributed by atoms with Gasteiger partial charge in [0.15, 0.2) is 0 Å². The topological polar surface area (TPSA) is 44.4 Å². The Balaban J connectivity index is 0.00000180. The summed E-state index contributed by atoms with van der Waals surface area (Å²) in [5.74, 6) is 0.0898. The van der Waals surface area contributed by atoms with Gasteiger partial charge in [0.25, 0.3) is 0 Å². The van der Waals surface area contributed by atoms with Crippen LogP contribution in [0.2, 0.25) is 0 Å². The molecule has 1 heterocycles. The maximum absolute atomic E-state index is 11.8. The molecule has 0 aromatic heterocycles. The minimum atomic E-state index is 0. The van der Waals surface area contributed by atoms with Gasteiger partial charge in [-0.05, 0) is 19.1 Å². The number of rotatable bonds is 4. The number of halogens is 1. The fourth-order valence-electron chi connectivity index (χ4n) is 2.21. The van der Waals surface area contributed by atoms with Gasteiger partial charge in [-0.3, -0.25) is 9.69 Å². The van der Waals surface area contributed by atoms with Crippen molar-refractivity contribution in [2.75, 3.05) is 31.5 Å². The Bertz CT molecular complexity index is 386. The summed E-state index contributed by atoms with van der Waals surface area (Å²) in [5.41, 5.74) is 0.871. The molecule has 1 aliphatic rings. The normalized spacial score (nSPS) is 19.5. The van der Waals surface area contributed by atoms with Crippen molar-refractivity contribution in [2.45, 2.75) is 19.4 Å². The summed E-state index contributed by atoms with van der Waals surface area (Å²) in [6.07, 6.45) is 0.555. The third-order valence-corrected chi connectivity index (χ3v) is 3.32. The minimum Gasteiger partial charge on any atom is -0.326 e. The first-order valence-corrected chi connectivity index (χ1v) is 6.55. The van der Waals surface area contributed by atoms with Gasteiger partial charge in [-0.2, -0.15) is 0 Å². The molecular formula is C14H22ClN3O. The molecule has 0 radical (unpaired) electrons. The van der Waals surface area contributed by atoms with Crippen molar-refractivity contribution in [2.24, 2.45) is 0 Å². The zero-order chi connectivity index (χ0) is 12.8. The van der Waals surface area contributed by atoms with Crippen LogP contribution < -0.4 is 10.6 Å². The van der Waals surface area contributed by atoms with Gasteiger partial charge in [-0.25, -0.2) is 0 Å². The standard InChI is InChI=1S/C14H21N3O.ClH/c1-12-11-15-8-10-17(12)9-7-14(18)16-13-5-3-2-4-6-13;/h2-6,12,15H,7-11H2,1H3,(H,16,18);1H. The summed E-state index contributed by atoms with van der Waals surface area (Å²) in [4.78, 5) is 14.2. The molecule has 1 atom stereocenters. The SMILES string of the molecule is CC1CNCCN1CCC(=O)Nc1ccccc1.Cl. The highest BCUT2D eigenvalue weighted by atomic mass is 35.5. The quantitative estimate of drug-likeness (QED) is 0.885. The number of nitrogens with one attached hydrogen (secondary N) is 2. The number of para-hydroxylation sites is 1. The average Bonchev–Trinajstić information content (AvgIpc) is 2.39. The van der Waals surface area contributed by atoms with E-state index in [4.69, 9.17) is 0 Å². The first-order chi connectivity index (χ1) is 8.75. The Hall–Kier alpha value is -1.10. The third kappa shape index (κ3) is 5.19. The van der Waals surface area contributed by atoms with Crippen LogP contribution in [0.5, 0.6) is 0 Å². The molecular weight excluding hydrogens is 262 g/mol. The Morgan fingerprint density at radius 3 is 2.84 bits per heavy atom. The van der Waals surface area contributed by atoms with E-state index in [2.05, 4.69) is 22.5 Å². The Morgan fingerprint density at radius 2 is 2.16 bits per heavy atom. The lowest BCUT2D eigenvalue weighted by molar-refractivity contribution is -0.116. The van der Waals surface area contributed by atoms with E-state index < -0.39 is 0 Å². The largest absolute Gasteiger partial charge is 0.326 e. The van der Waals surface area contributed by atoms with E-state index in [9.17, 15) is 4.79 Å². The van der Waals surface area contributed by atoms with Gasteiger partial charge in [0.2, 0.25) is 5.91 Å². The zero-order valence-electron chi connectivity index (χ0n) is 11.3. The first kappa shape index (κ1) is 16.0. The molecule has 0 spiro atoms. The third-order valence-electron chi connectivity index (χ3n) is 3.32. The molecule has 2 rings (SSSR count). The smallest absolute Gasteiger partial charge is 0.225 e. The number of hydrogen-bond acceptors (Lipinski definition) is 3. The number of anilines is 1. The molecule has 1 aromatic rings. The van der Waals surface area contributed by atoms with Gasteiger partial charge in [-0.1, -0.05) is 18.2 Å². The molecule has 2 N–H and O–H groups in total. The van der Waals surface area contributed by atoms with Crippen LogP contribution in [0.3, 0.4) is 0 Å². The monoisotopic (exact) mass is 283 g/mol. The average molecular weight is 284 g/mol. The van der Waals surface area contributed by atoms with Crippen molar-refractivity contribution in [1.29, 1.82) is 0 Å². The molecule has 1 unspecified atom stereocenters. The second-order valence-electron chi connectivity index (χ2n) is 4.75. The predicted molar refractivity (Wildman–Crippen MR) is 80.8 cm³/mol. The summed E-state index contributed by atoms with van der Waals surface area (Å²) in [5, 5.41) is 6.26. The van der Waals surface area contributed by atoms with Gasteiger partial charge in [-0.15, -0.1) is 12.4 Å². The van der Waals surface area contributed by atoms with Gasteiger partial charge >= 0.3 is 0 Å². The summed E-state index contributed by atoms with van der Waals surface area (Å²) in [7, 11) is 0. The highest BCUT2D eigenvalue weighted by Gasteiger charge is 2.18. The van der Waals surface area contributed by atoms with Crippen molar-refractivity contribution < 1.29 is 4.79 Å². The number of carbonyl (C=O) groups is 1. The number of nitrogens with zero attached hydrogens (tertiary/aromatic N) is 1. The second kappa shape index (κ2) is 8.15. The van der Waals surface area contributed by atoms with Crippen LogP contribution in [0.1, 0.15) is 13.3 Å². The van der Waals surface area contributed by atoms with E-state index in [0.29, 0.717) is 12.5 Å². The number of carbonyl (C=O) groups excluding carboxylic acids is 1. The first-order valence-electron chi connectivity index (χ1n) is 6.55. The van der Waals surface area contributed by atoms with Crippen LogP contribution in [-0.2, 0) is 4.79 Å². The fraction of sp³-hybridized carbons (Fsp3) is 0.500. The fourth-order valence-corrected chi connectivity index (χ4v) is 2.21. The van der Waals surface area contributed by atoms with Crippen LogP contribution in [-0.4, -0.2) is 43.0 Å². The molecule has 106 valence electrons. The molecule has 0 bridgehead atoms. The van der Waals surface area contributed by atoms with Crippen molar-refractivity contribution in [1.82, 2.24) is 10.2 Å². The predicted octanol–water partition coefficient (Wildman–Crippen LogP) is 1.73. The Morgan fingerprint density at radius 1 is 1.42 bits per heavy atom. The highest BCUT2D eigenvalue weighted by Crippen LogP contribution is 2.07. The number of amides is 1. The maximum atomic E-state index is 11.8. The van der Waals surface area contributed by atoms with Gasteiger partial charge in [0.05, 0.1) is 0 Å². The molecule has 19 heavy (non-hydrogen) atoms. The van der Waals surface area contributed by atoms with E-state index in [0.717, 1.165) is 31.9 Å². The van der Waals surface area contributed by atoms with Crippen LogP contribution in [0, 0.1) is 0 Å². The Kier molecular flexibility index (Phi) is 6.84. The van der Waals surface area contributed by atoms with E-state index in [1.165, 1.54) is 0 Å². The molecule has 1 aliphatic heterocycles. The molecule has 1 saturated heterocycles. The lowest BCUT2D eigenvalue weighted by atomic mass is 10.2. The summed E-state index contributed by atoms with van der Waals surface area (Å²) in [6, 6.07) is 10.1. The zero-order valence-corrected chi connectivity index (χ0v) is 12.1. The van der Waals surface area contributed by atoms with E-state index in [1.807, 2.05) is 30.3 Å². The molecule has 1 fully saturated rings. The molecule has 5 heteroatoms. The Labute approximate surface area is 121 Å². The molecule has 1 amide bonds. The van der Waals surface area contributed by atoms with Crippen molar-refractivity contribution in [3.63, 3.8) is 0 Å². The van der Waals surface area contributed by atoms with Gasteiger partial charge < -0.3 is 10.6 Å². The summed E-state index contributed by atoms with van der Waals surface area (Å²) < 4.78 is 0. The summed E-state index contributed by atoms with van der Waals surface area (Å²) in [6.45, 7) is 6.09. The second-order valence-corrected chi connectivity index (χ2v) is 4.75. The molecule has 0 aliphatic carbocycles. The van der Waals surface area contributed by atoms with Crippen LogP contribution in [0.15, 0.2) is 30.3 Å². The lowest BCUT2D eigenvalue weighted by Gasteiger charge is -2.33. The summed E-state index contributed by atoms with van der Waals surface area (Å²) >= 11 is 0. The molecule has 1 aromatic carbocycles. The minimum absolute atomic E-state index is 0. The van der Waals surface area contributed by atoms with Crippen LogP contribution in [0.4, 0.5) is 5.69 Å². The molecule has 4 nitrogen and oxygen atoms in total. The number of piperazine rings is 1. The van der Waals surface area contributed by atoms with Crippen molar-refractivity contribution in [3.8, 4) is 0 Å².